The molecular formula is C10H20N2O3. The predicted octanol–water partition coefficient (Wildman–Crippen LogP) is 1.15. The minimum absolute atomic E-state index is 0.0324. The van der Waals surface area contributed by atoms with Gasteiger partial charge >= 0.3 is 12.0 Å². The standard InChI is InChI=1S/C10H20N2O3/c1-7(10(2,3)4)12(5)9(15)11-6-8(13)14/h7H,6H2,1-5H3,(H,11,15)(H,13,14). The number of nitrogens with zero attached hydrogens (tertiary/aromatic N) is 1. The molecule has 0 fully saturated rings. The molecule has 0 heterocycles. The number of urea groups is 1. The van der Waals surface area contributed by atoms with Gasteiger partial charge in [0.1, 0.15) is 6.54 Å². The van der Waals surface area contributed by atoms with Crippen LogP contribution in [0.25, 0.3) is 0 Å². The fraction of sp³-hybridized carbons (Fsp3) is 0.800. The van der Waals surface area contributed by atoms with Gasteiger partial charge in [-0.3, -0.25) is 4.79 Å². The second kappa shape index (κ2) is 5.00. The summed E-state index contributed by atoms with van der Waals surface area (Å²) in [5.74, 6) is -1.04. The van der Waals surface area contributed by atoms with Crippen LogP contribution in [0.2, 0.25) is 0 Å². The van der Waals surface area contributed by atoms with Crippen molar-refractivity contribution < 1.29 is 14.7 Å². The van der Waals surface area contributed by atoms with Gasteiger partial charge in [-0.05, 0) is 12.3 Å². The summed E-state index contributed by atoms with van der Waals surface area (Å²) in [6, 6.07) is -0.328. The Kier molecular flexibility index (Phi) is 4.58. The number of rotatable bonds is 3. The summed E-state index contributed by atoms with van der Waals surface area (Å²) in [7, 11) is 1.66. The minimum Gasteiger partial charge on any atom is -0.480 e. The summed E-state index contributed by atoms with van der Waals surface area (Å²) in [6.45, 7) is 7.66. The fourth-order valence-electron chi connectivity index (χ4n) is 1.03. The highest BCUT2D eigenvalue weighted by molar-refractivity contribution is 5.79. The lowest BCUT2D eigenvalue weighted by molar-refractivity contribution is -0.135. The van der Waals surface area contributed by atoms with Gasteiger partial charge in [-0.25, -0.2) is 4.79 Å². The van der Waals surface area contributed by atoms with E-state index < -0.39 is 5.97 Å². The number of hydrogen-bond acceptors (Lipinski definition) is 2. The zero-order chi connectivity index (χ0) is 12.2. The van der Waals surface area contributed by atoms with E-state index >= 15 is 0 Å². The maximum Gasteiger partial charge on any atom is 0.323 e. The van der Waals surface area contributed by atoms with Crippen LogP contribution in [0.15, 0.2) is 0 Å². The molecule has 0 aliphatic rings. The number of carbonyl (C=O) groups excluding carboxylic acids is 1. The molecule has 1 atom stereocenters. The second-order valence-corrected chi connectivity index (χ2v) is 4.71. The SMILES string of the molecule is CC(N(C)C(=O)NCC(=O)O)C(C)(C)C. The Morgan fingerprint density at radius 1 is 1.40 bits per heavy atom. The molecule has 0 rings (SSSR count). The van der Waals surface area contributed by atoms with Gasteiger partial charge in [0.25, 0.3) is 0 Å². The van der Waals surface area contributed by atoms with Gasteiger partial charge in [0, 0.05) is 13.1 Å². The monoisotopic (exact) mass is 216 g/mol. The summed E-state index contributed by atoms with van der Waals surface area (Å²) in [5, 5.41) is 10.7. The molecule has 15 heavy (non-hydrogen) atoms. The van der Waals surface area contributed by atoms with Crippen molar-refractivity contribution in [1.82, 2.24) is 10.2 Å². The molecule has 0 bridgehead atoms. The van der Waals surface area contributed by atoms with Crippen molar-refractivity contribution in [2.45, 2.75) is 33.7 Å². The fourth-order valence-corrected chi connectivity index (χ4v) is 1.03. The number of carbonyl (C=O) groups is 2. The zero-order valence-corrected chi connectivity index (χ0v) is 10.00. The summed E-state index contributed by atoms with van der Waals surface area (Å²) in [5.41, 5.74) is -0.0324. The van der Waals surface area contributed by atoms with E-state index in [1.807, 2.05) is 27.7 Å². The van der Waals surface area contributed by atoms with E-state index in [1.165, 1.54) is 4.90 Å². The highest BCUT2D eigenvalue weighted by Crippen LogP contribution is 2.22. The van der Waals surface area contributed by atoms with E-state index in [2.05, 4.69) is 5.32 Å². The lowest BCUT2D eigenvalue weighted by atomic mass is 9.87. The largest absolute Gasteiger partial charge is 0.480 e. The van der Waals surface area contributed by atoms with Gasteiger partial charge in [-0.15, -0.1) is 0 Å². The van der Waals surface area contributed by atoms with E-state index in [4.69, 9.17) is 5.11 Å². The van der Waals surface area contributed by atoms with Crippen LogP contribution in [0.4, 0.5) is 4.79 Å². The van der Waals surface area contributed by atoms with Crippen LogP contribution >= 0.6 is 0 Å². The third kappa shape index (κ3) is 4.67. The Balaban J connectivity index is 4.26. The molecule has 0 saturated carbocycles. The van der Waals surface area contributed by atoms with Gasteiger partial charge < -0.3 is 15.3 Å². The minimum atomic E-state index is -1.04. The highest BCUT2D eigenvalue weighted by Gasteiger charge is 2.26. The van der Waals surface area contributed by atoms with Crippen molar-refractivity contribution >= 4 is 12.0 Å². The normalized spacial score (nSPS) is 13.1. The third-order valence-corrected chi connectivity index (χ3v) is 2.55. The Morgan fingerprint density at radius 3 is 2.20 bits per heavy atom. The zero-order valence-electron chi connectivity index (χ0n) is 10.00. The molecule has 5 nitrogen and oxygen atoms in total. The van der Waals surface area contributed by atoms with Gasteiger partial charge in [0.05, 0.1) is 0 Å². The van der Waals surface area contributed by atoms with Crippen molar-refractivity contribution in [2.24, 2.45) is 5.41 Å². The van der Waals surface area contributed by atoms with E-state index in [1.54, 1.807) is 7.05 Å². The molecule has 0 aromatic heterocycles. The number of nitrogens with one attached hydrogen (secondary N) is 1. The molecule has 1 unspecified atom stereocenters. The smallest absolute Gasteiger partial charge is 0.323 e. The molecule has 0 aromatic rings. The van der Waals surface area contributed by atoms with Crippen LogP contribution in [0.3, 0.4) is 0 Å². The summed E-state index contributed by atoms with van der Waals surface area (Å²) < 4.78 is 0. The van der Waals surface area contributed by atoms with Crippen LogP contribution in [0, 0.1) is 5.41 Å². The molecule has 2 N–H and O–H groups in total. The van der Waals surface area contributed by atoms with E-state index in [9.17, 15) is 9.59 Å². The average Bonchev–Trinajstić information content (AvgIpc) is 2.10. The molecule has 5 heteroatoms. The number of carboxylic acid groups (broad SMARTS) is 1. The lowest BCUT2D eigenvalue weighted by Gasteiger charge is -2.35. The maximum atomic E-state index is 11.5. The molecule has 0 aliphatic carbocycles. The van der Waals surface area contributed by atoms with Crippen LogP contribution in [-0.4, -0.2) is 41.6 Å². The Bertz CT molecular complexity index is 246. The molecule has 0 spiro atoms. The highest BCUT2D eigenvalue weighted by atomic mass is 16.4. The van der Waals surface area contributed by atoms with Gasteiger partial charge in [0.15, 0.2) is 0 Å². The van der Waals surface area contributed by atoms with Crippen molar-refractivity contribution in [3.05, 3.63) is 0 Å². The van der Waals surface area contributed by atoms with Crippen molar-refractivity contribution in [3.8, 4) is 0 Å². The lowest BCUT2D eigenvalue weighted by Crippen LogP contribution is -2.48. The Labute approximate surface area is 90.5 Å². The number of aliphatic carboxylic acids is 1. The summed E-state index contributed by atoms with van der Waals surface area (Å²) in [6.07, 6.45) is 0. The number of carboxylic acids is 1. The van der Waals surface area contributed by atoms with E-state index in [0.29, 0.717) is 0 Å². The van der Waals surface area contributed by atoms with Crippen molar-refractivity contribution in [3.63, 3.8) is 0 Å². The molecule has 0 saturated heterocycles. The summed E-state index contributed by atoms with van der Waals surface area (Å²) in [4.78, 5) is 23.3. The predicted molar refractivity (Wildman–Crippen MR) is 57.7 cm³/mol. The van der Waals surface area contributed by atoms with Gasteiger partial charge in [-0.1, -0.05) is 20.8 Å². The quantitative estimate of drug-likeness (QED) is 0.743. The van der Waals surface area contributed by atoms with Gasteiger partial charge in [0.2, 0.25) is 0 Å². The van der Waals surface area contributed by atoms with Crippen LogP contribution < -0.4 is 5.32 Å². The molecule has 2 amide bonds. The second-order valence-electron chi connectivity index (χ2n) is 4.71. The topological polar surface area (TPSA) is 69.6 Å². The molecule has 0 aliphatic heterocycles. The Hall–Kier alpha value is -1.26. The summed E-state index contributed by atoms with van der Waals surface area (Å²) >= 11 is 0. The molecule has 88 valence electrons. The van der Waals surface area contributed by atoms with E-state index in [0.717, 1.165) is 0 Å². The molecular weight excluding hydrogens is 196 g/mol. The van der Waals surface area contributed by atoms with Crippen molar-refractivity contribution in [1.29, 1.82) is 0 Å². The third-order valence-electron chi connectivity index (χ3n) is 2.55. The van der Waals surface area contributed by atoms with Crippen LogP contribution in [0.5, 0.6) is 0 Å². The first-order valence-electron chi connectivity index (χ1n) is 4.88. The van der Waals surface area contributed by atoms with E-state index in [-0.39, 0.29) is 24.0 Å². The first kappa shape index (κ1) is 13.7. The number of amides is 2. The van der Waals surface area contributed by atoms with Crippen LogP contribution in [-0.2, 0) is 4.79 Å². The van der Waals surface area contributed by atoms with Gasteiger partial charge in [-0.2, -0.15) is 0 Å². The Morgan fingerprint density at radius 2 is 1.87 bits per heavy atom. The molecule has 0 radical (unpaired) electrons. The van der Waals surface area contributed by atoms with Crippen LogP contribution in [0.1, 0.15) is 27.7 Å². The molecule has 0 aromatic carbocycles. The first-order valence-corrected chi connectivity index (χ1v) is 4.88. The number of hydrogen-bond donors (Lipinski definition) is 2. The maximum absolute atomic E-state index is 11.5. The average molecular weight is 216 g/mol. The van der Waals surface area contributed by atoms with Crippen molar-refractivity contribution in [2.75, 3.05) is 13.6 Å². The first-order chi connectivity index (χ1) is 6.66.